The molecule has 27 heavy (non-hydrogen) atoms. The van der Waals surface area contributed by atoms with Crippen LogP contribution in [-0.2, 0) is 9.53 Å². The van der Waals surface area contributed by atoms with Gasteiger partial charge in [0.05, 0.1) is 11.3 Å². The number of ketones is 2. The minimum atomic E-state index is -0.790. The van der Waals surface area contributed by atoms with Crippen molar-refractivity contribution in [3.63, 3.8) is 0 Å². The summed E-state index contributed by atoms with van der Waals surface area (Å²) < 4.78 is 10.5. The second-order valence-electron chi connectivity index (χ2n) is 6.04. The van der Waals surface area contributed by atoms with E-state index in [0.29, 0.717) is 17.7 Å². The maximum atomic E-state index is 12.7. The van der Waals surface area contributed by atoms with Crippen molar-refractivity contribution in [3.8, 4) is 5.75 Å². The summed E-state index contributed by atoms with van der Waals surface area (Å²) in [7, 11) is 0. The number of hydrogen-bond acceptors (Lipinski definition) is 6. The summed E-state index contributed by atoms with van der Waals surface area (Å²) in [5.41, 5.74) is 7.08. The van der Waals surface area contributed by atoms with Gasteiger partial charge in [0.2, 0.25) is 5.78 Å². The van der Waals surface area contributed by atoms with E-state index in [1.165, 1.54) is 0 Å². The zero-order valence-electron chi connectivity index (χ0n) is 15.0. The van der Waals surface area contributed by atoms with Crippen LogP contribution >= 0.6 is 0 Å². The molecule has 2 aromatic rings. The summed E-state index contributed by atoms with van der Waals surface area (Å²) in [6.45, 7) is 3.94. The van der Waals surface area contributed by atoms with E-state index in [1.807, 2.05) is 6.92 Å². The van der Waals surface area contributed by atoms with E-state index < -0.39 is 17.9 Å². The van der Waals surface area contributed by atoms with Crippen molar-refractivity contribution in [1.82, 2.24) is 0 Å². The molecule has 0 aromatic heterocycles. The van der Waals surface area contributed by atoms with Crippen LogP contribution in [0.4, 0.5) is 0 Å². The molecule has 0 fully saturated rings. The minimum Gasteiger partial charge on any atom is -0.422 e. The number of ether oxygens (including phenoxy) is 2. The fourth-order valence-electron chi connectivity index (χ4n) is 2.87. The van der Waals surface area contributed by atoms with Gasteiger partial charge in [0, 0.05) is 12.2 Å². The summed E-state index contributed by atoms with van der Waals surface area (Å²) in [6.07, 6.45) is -0.553. The molecule has 3 rings (SSSR count). The molecular formula is C21H19NO5. The van der Waals surface area contributed by atoms with Crippen LogP contribution in [0.15, 0.2) is 54.1 Å². The second kappa shape index (κ2) is 7.55. The van der Waals surface area contributed by atoms with E-state index in [-0.39, 0.29) is 28.4 Å². The molecule has 1 unspecified atom stereocenters. The molecule has 1 heterocycles. The second-order valence-corrected chi connectivity index (χ2v) is 6.04. The van der Waals surface area contributed by atoms with Gasteiger partial charge >= 0.3 is 5.97 Å². The summed E-state index contributed by atoms with van der Waals surface area (Å²) in [5.74, 6) is -1.21. The Hall–Kier alpha value is -3.25. The van der Waals surface area contributed by atoms with Crippen LogP contribution in [0.5, 0.6) is 5.75 Å². The van der Waals surface area contributed by atoms with Crippen molar-refractivity contribution < 1.29 is 23.9 Å². The van der Waals surface area contributed by atoms with Gasteiger partial charge in [-0.25, -0.2) is 4.79 Å². The van der Waals surface area contributed by atoms with Crippen molar-refractivity contribution in [1.29, 1.82) is 0 Å². The molecule has 1 aliphatic rings. The van der Waals surface area contributed by atoms with Gasteiger partial charge in [0.15, 0.2) is 5.78 Å². The summed E-state index contributed by atoms with van der Waals surface area (Å²) in [4.78, 5) is 37.2. The molecule has 0 amide bonds. The Kier molecular flexibility index (Phi) is 5.19. The monoisotopic (exact) mass is 365 g/mol. The van der Waals surface area contributed by atoms with E-state index in [0.717, 1.165) is 0 Å². The number of fused-ring (bicyclic) bond motifs is 1. The molecule has 0 radical (unpaired) electrons. The Bertz CT molecular complexity index is 943. The van der Waals surface area contributed by atoms with Gasteiger partial charge in [0.25, 0.3) is 0 Å². The zero-order chi connectivity index (χ0) is 19.6. The molecule has 2 aromatic carbocycles. The number of benzene rings is 2. The van der Waals surface area contributed by atoms with Crippen molar-refractivity contribution in [3.05, 3.63) is 70.8 Å². The van der Waals surface area contributed by atoms with E-state index in [4.69, 9.17) is 15.2 Å². The molecule has 0 aliphatic carbocycles. The maximum absolute atomic E-state index is 12.7. The van der Waals surface area contributed by atoms with Crippen molar-refractivity contribution in [2.45, 2.75) is 20.0 Å². The summed E-state index contributed by atoms with van der Waals surface area (Å²) >= 11 is 0. The smallest absolute Gasteiger partial charge is 0.349 e. The van der Waals surface area contributed by atoms with Crippen LogP contribution in [0, 0.1) is 0 Å². The van der Waals surface area contributed by atoms with Gasteiger partial charge < -0.3 is 15.2 Å². The summed E-state index contributed by atoms with van der Waals surface area (Å²) in [6, 6.07) is 12.9. The maximum Gasteiger partial charge on any atom is 0.349 e. The van der Waals surface area contributed by atoms with Crippen molar-refractivity contribution >= 4 is 23.2 Å². The standard InChI is InChI=1S/C21H19NO5/c1-3-26-12(2)19(23)14-10-8-13(9-11-14)18(22)17-20(24)15-6-4-5-7-16(15)27-21(17)25/h4-12H,3,22H2,1-2H3/b18-17-. The fraction of sp³-hybridized carbons (Fsp3) is 0.190. The highest BCUT2D eigenvalue weighted by Gasteiger charge is 2.33. The van der Waals surface area contributed by atoms with Crippen molar-refractivity contribution in [2.24, 2.45) is 5.73 Å². The first kappa shape index (κ1) is 18.5. The molecule has 0 bridgehead atoms. The Morgan fingerprint density at radius 1 is 1.07 bits per heavy atom. The zero-order valence-corrected chi connectivity index (χ0v) is 15.0. The number of esters is 1. The van der Waals surface area contributed by atoms with Gasteiger partial charge in [0.1, 0.15) is 17.4 Å². The van der Waals surface area contributed by atoms with Crippen LogP contribution in [-0.4, -0.2) is 30.2 Å². The van der Waals surface area contributed by atoms with Gasteiger partial charge in [-0.1, -0.05) is 36.4 Å². The number of carbonyl (C=O) groups excluding carboxylic acids is 3. The molecule has 6 nitrogen and oxygen atoms in total. The largest absolute Gasteiger partial charge is 0.422 e. The Labute approximate surface area is 156 Å². The Morgan fingerprint density at radius 3 is 2.37 bits per heavy atom. The fourth-order valence-corrected chi connectivity index (χ4v) is 2.87. The molecule has 0 saturated heterocycles. The van der Waals surface area contributed by atoms with Crippen LogP contribution in [0.2, 0.25) is 0 Å². The molecule has 2 N–H and O–H groups in total. The van der Waals surface area contributed by atoms with Gasteiger partial charge in [-0.05, 0) is 31.5 Å². The highest BCUT2D eigenvalue weighted by Crippen LogP contribution is 2.30. The Morgan fingerprint density at radius 2 is 1.70 bits per heavy atom. The average molecular weight is 365 g/mol. The highest BCUT2D eigenvalue weighted by atomic mass is 16.5. The first-order valence-corrected chi connectivity index (χ1v) is 8.56. The Balaban J connectivity index is 1.93. The first-order valence-electron chi connectivity index (χ1n) is 8.56. The lowest BCUT2D eigenvalue weighted by atomic mass is 9.95. The first-order chi connectivity index (χ1) is 12.9. The third-order valence-electron chi connectivity index (χ3n) is 4.30. The third kappa shape index (κ3) is 3.52. The lowest BCUT2D eigenvalue weighted by Crippen LogP contribution is -2.28. The predicted octanol–water partition coefficient (Wildman–Crippen LogP) is 2.77. The number of hydrogen-bond donors (Lipinski definition) is 1. The average Bonchev–Trinajstić information content (AvgIpc) is 2.67. The topological polar surface area (TPSA) is 95.7 Å². The van der Waals surface area contributed by atoms with Crippen LogP contribution in [0.1, 0.15) is 40.1 Å². The van der Waals surface area contributed by atoms with Gasteiger partial charge in [-0.3, -0.25) is 9.59 Å². The molecule has 0 saturated carbocycles. The number of rotatable bonds is 5. The van der Waals surface area contributed by atoms with Gasteiger partial charge in [-0.15, -0.1) is 0 Å². The summed E-state index contributed by atoms with van der Waals surface area (Å²) in [5, 5.41) is 0. The van der Waals surface area contributed by atoms with Gasteiger partial charge in [-0.2, -0.15) is 0 Å². The normalized spacial score (nSPS) is 16.4. The lowest BCUT2D eigenvalue weighted by molar-refractivity contribution is -0.130. The number of para-hydroxylation sites is 1. The predicted molar refractivity (Wildman–Crippen MR) is 99.4 cm³/mol. The van der Waals surface area contributed by atoms with Crippen LogP contribution in [0.25, 0.3) is 5.70 Å². The third-order valence-corrected chi connectivity index (χ3v) is 4.30. The minimum absolute atomic E-state index is 0.0105. The molecule has 1 aliphatic heterocycles. The molecule has 0 spiro atoms. The number of carbonyl (C=O) groups is 3. The lowest BCUT2D eigenvalue weighted by Gasteiger charge is -2.18. The molecule has 1 atom stereocenters. The number of Topliss-reactive ketones (excluding diaryl/α,β-unsaturated/α-hetero) is 2. The quantitative estimate of drug-likeness (QED) is 0.288. The highest BCUT2D eigenvalue weighted by molar-refractivity contribution is 6.31. The van der Waals surface area contributed by atoms with E-state index in [2.05, 4.69) is 0 Å². The molecular weight excluding hydrogens is 346 g/mol. The van der Waals surface area contributed by atoms with E-state index >= 15 is 0 Å². The number of nitrogens with two attached hydrogens (primary N) is 1. The SMILES string of the molecule is CCOC(C)C(=O)c1ccc(/C(N)=C2/C(=O)Oc3ccccc3C2=O)cc1. The van der Waals surface area contributed by atoms with E-state index in [1.54, 1.807) is 55.5 Å². The molecule has 6 heteroatoms. The van der Waals surface area contributed by atoms with Crippen LogP contribution in [0.3, 0.4) is 0 Å². The molecule has 138 valence electrons. The van der Waals surface area contributed by atoms with E-state index in [9.17, 15) is 14.4 Å². The van der Waals surface area contributed by atoms with Crippen LogP contribution < -0.4 is 10.5 Å². The van der Waals surface area contributed by atoms with Crippen molar-refractivity contribution in [2.75, 3.05) is 6.61 Å².